The predicted octanol–water partition coefficient (Wildman–Crippen LogP) is 4.52. The molecule has 7 nitrogen and oxygen atoms in total. The molecule has 214 valence electrons. The fourth-order valence-electron chi connectivity index (χ4n) is 7.37. The van der Waals surface area contributed by atoms with Crippen LogP contribution >= 0.6 is 11.8 Å². The lowest BCUT2D eigenvalue weighted by molar-refractivity contribution is -0.154. The van der Waals surface area contributed by atoms with Gasteiger partial charge in [-0.2, -0.15) is 0 Å². The average molecular weight is 573 g/mol. The summed E-state index contributed by atoms with van der Waals surface area (Å²) in [5.41, 5.74) is 3.49. The van der Waals surface area contributed by atoms with E-state index in [4.69, 9.17) is 4.74 Å². The number of ether oxygens (including phenoxy) is 1. The molecule has 1 spiro atoms. The minimum absolute atomic E-state index is 0.211. The number of rotatable bonds is 4. The summed E-state index contributed by atoms with van der Waals surface area (Å²) in [6, 6.07) is 13.6. The molecule has 8 heteroatoms. The molecule has 4 aliphatic heterocycles. The number of benzene rings is 2. The van der Waals surface area contributed by atoms with Crippen LogP contribution in [0.3, 0.4) is 0 Å². The van der Waals surface area contributed by atoms with E-state index in [9.17, 15) is 19.5 Å². The Kier molecular flexibility index (Phi) is 7.10. The zero-order chi connectivity index (χ0) is 28.9. The number of esters is 1. The maximum absolute atomic E-state index is 14.9. The quantitative estimate of drug-likeness (QED) is 0.428. The van der Waals surface area contributed by atoms with E-state index in [0.717, 1.165) is 35.2 Å². The fraction of sp³-hybridized carbons (Fsp3) is 0.424. The Bertz CT molecular complexity index is 1420. The number of nitrogens with zero attached hydrogens (tertiary/aromatic N) is 2. The maximum Gasteiger partial charge on any atom is 0.311 e. The molecule has 4 heterocycles. The minimum atomic E-state index is -1.02. The van der Waals surface area contributed by atoms with Gasteiger partial charge in [-0.3, -0.25) is 14.4 Å². The molecule has 41 heavy (non-hydrogen) atoms. The third kappa shape index (κ3) is 4.26. The molecule has 0 aromatic heterocycles. The molecule has 6 rings (SSSR count). The van der Waals surface area contributed by atoms with Crippen LogP contribution in [0.2, 0.25) is 0 Å². The third-order valence-electron chi connectivity index (χ3n) is 9.09. The van der Waals surface area contributed by atoms with Gasteiger partial charge in [0.15, 0.2) is 0 Å². The SMILES string of the molecule is Cc1cccc(C)c1N1CC=C[C@]23S[C@]4(C)/C=C\CCCOC(=O)[C@@H]4[C@H]2C(=O)N([C@H](CO)c2ccccc2)C3C1=O. The average Bonchev–Trinajstić information content (AvgIpc) is 3.30. The van der Waals surface area contributed by atoms with E-state index in [1.165, 1.54) is 11.8 Å². The number of thioether (sulfide) groups is 1. The van der Waals surface area contributed by atoms with E-state index in [2.05, 4.69) is 6.08 Å². The second-order valence-corrected chi connectivity index (χ2v) is 13.4. The molecule has 4 aliphatic rings. The Morgan fingerprint density at radius 1 is 0.976 bits per heavy atom. The maximum atomic E-state index is 14.9. The lowest BCUT2D eigenvalue weighted by Crippen LogP contribution is -2.55. The van der Waals surface area contributed by atoms with Crippen LogP contribution in [-0.4, -0.2) is 63.1 Å². The molecule has 0 radical (unpaired) electrons. The van der Waals surface area contributed by atoms with Crippen molar-refractivity contribution < 1.29 is 24.2 Å². The van der Waals surface area contributed by atoms with Crippen molar-refractivity contribution in [3.8, 4) is 0 Å². The molecule has 2 amide bonds. The van der Waals surface area contributed by atoms with Crippen molar-refractivity contribution in [2.24, 2.45) is 11.8 Å². The van der Waals surface area contributed by atoms with Crippen molar-refractivity contribution in [3.05, 3.63) is 89.5 Å². The van der Waals surface area contributed by atoms with Crippen LogP contribution in [-0.2, 0) is 19.1 Å². The number of carbonyl (C=O) groups excluding carboxylic acids is 3. The zero-order valence-corrected chi connectivity index (χ0v) is 24.5. The number of amides is 2. The molecule has 2 saturated heterocycles. The summed E-state index contributed by atoms with van der Waals surface area (Å²) < 4.78 is 3.96. The molecular formula is C33H36N2O5S. The molecule has 2 fully saturated rings. The van der Waals surface area contributed by atoms with Gasteiger partial charge < -0.3 is 19.6 Å². The summed E-state index contributed by atoms with van der Waals surface area (Å²) in [5, 5.41) is 10.7. The van der Waals surface area contributed by atoms with E-state index in [1.54, 1.807) is 9.80 Å². The first kappa shape index (κ1) is 27.8. The Hall–Kier alpha value is -3.36. The van der Waals surface area contributed by atoms with Crippen molar-refractivity contribution >= 4 is 35.2 Å². The number of likely N-dealkylation sites (tertiary alicyclic amines) is 1. The Morgan fingerprint density at radius 3 is 2.41 bits per heavy atom. The van der Waals surface area contributed by atoms with Crippen molar-refractivity contribution in [3.63, 3.8) is 0 Å². The van der Waals surface area contributed by atoms with E-state index < -0.39 is 39.4 Å². The van der Waals surface area contributed by atoms with Crippen LogP contribution in [0.4, 0.5) is 5.69 Å². The van der Waals surface area contributed by atoms with Crippen LogP contribution in [0.15, 0.2) is 72.8 Å². The monoisotopic (exact) mass is 572 g/mol. The van der Waals surface area contributed by atoms with E-state index in [-0.39, 0.29) is 18.4 Å². The number of anilines is 1. The van der Waals surface area contributed by atoms with Crippen LogP contribution in [0, 0.1) is 25.7 Å². The van der Waals surface area contributed by atoms with Crippen LogP contribution in [0.25, 0.3) is 0 Å². The summed E-state index contributed by atoms with van der Waals surface area (Å²) in [5.74, 6) is -2.52. The highest BCUT2D eigenvalue weighted by Gasteiger charge is 2.74. The first-order valence-corrected chi connectivity index (χ1v) is 15.1. The molecular weight excluding hydrogens is 536 g/mol. The highest BCUT2D eigenvalue weighted by molar-refractivity contribution is 8.02. The summed E-state index contributed by atoms with van der Waals surface area (Å²) in [7, 11) is 0. The summed E-state index contributed by atoms with van der Waals surface area (Å²) in [6.45, 7) is 6.23. The largest absolute Gasteiger partial charge is 0.465 e. The lowest BCUT2D eigenvalue weighted by Gasteiger charge is -2.40. The van der Waals surface area contributed by atoms with Gasteiger partial charge in [-0.25, -0.2) is 0 Å². The standard InChI is InChI=1S/C33H36N2O5S/c1-21-12-10-13-22(2)27(21)34-18-11-17-33-25(26-31(39)40-19-9-5-8-16-32(26,3)41-33)29(37)35(28(33)30(34)38)24(20-36)23-14-6-4-7-15-23/h4,6-8,10-17,24-26,28,36H,5,9,18-20H2,1-3H3/b16-8-/t24-,25+,26+,28?,32-,33+/m1/s1. The summed E-state index contributed by atoms with van der Waals surface area (Å²) in [6.07, 6.45) is 9.58. The molecule has 6 atom stereocenters. The fourth-order valence-corrected chi connectivity index (χ4v) is 9.51. The molecule has 1 unspecified atom stereocenters. The summed E-state index contributed by atoms with van der Waals surface area (Å²) in [4.78, 5) is 46.7. The van der Waals surface area contributed by atoms with Gasteiger partial charge in [0.2, 0.25) is 5.91 Å². The van der Waals surface area contributed by atoms with Crippen molar-refractivity contribution in [1.29, 1.82) is 0 Å². The minimum Gasteiger partial charge on any atom is -0.465 e. The van der Waals surface area contributed by atoms with E-state index in [1.807, 2.05) is 87.5 Å². The van der Waals surface area contributed by atoms with Gasteiger partial charge >= 0.3 is 5.97 Å². The van der Waals surface area contributed by atoms with Crippen LogP contribution in [0.1, 0.15) is 42.5 Å². The normalized spacial score (nSPS) is 32.7. The Labute approximate surface area is 245 Å². The second kappa shape index (κ2) is 10.5. The van der Waals surface area contributed by atoms with Gasteiger partial charge in [0.05, 0.1) is 35.8 Å². The second-order valence-electron chi connectivity index (χ2n) is 11.7. The summed E-state index contributed by atoms with van der Waals surface area (Å²) >= 11 is 1.52. The number of hydrogen-bond acceptors (Lipinski definition) is 6. The predicted molar refractivity (Wildman–Crippen MR) is 159 cm³/mol. The lowest BCUT2D eigenvalue weighted by atomic mass is 9.74. The van der Waals surface area contributed by atoms with Crippen molar-refractivity contribution in [2.75, 3.05) is 24.7 Å². The van der Waals surface area contributed by atoms with Gasteiger partial charge in [0.25, 0.3) is 5.91 Å². The number of para-hydroxylation sites is 1. The van der Waals surface area contributed by atoms with Crippen molar-refractivity contribution in [2.45, 2.75) is 55.2 Å². The first-order valence-electron chi connectivity index (χ1n) is 14.3. The number of aliphatic hydroxyl groups excluding tert-OH is 1. The number of allylic oxidation sites excluding steroid dienone is 1. The molecule has 0 saturated carbocycles. The molecule has 0 aliphatic carbocycles. The van der Waals surface area contributed by atoms with Gasteiger partial charge in [0.1, 0.15) is 6.04 Å². The Balaban J connectivity index is 1.56. The number of fused-ring (bicyclic) bond motifs is 2. The van der Waals surface area contributed by atoms with Crippen LogP contribution in [0.5, 0.6) is 0 Å². The van der Waals surface area contributed by atoms with Gasteiger partial charge in [-0.1, -0.05) is 72.8 Å². The number of aliphatic hydroxyl groups is 1. The third-order valence-corrected chi connectivity index (χ3v) is 10.9. The number of carbonyl (C=O) groups is 3. The van der Waals surface area contributed by atoms with Crippen LogP contribution < -0.4 is 4.90 Å². The van der Waals surface area contributed by atoms with E-state index >= 15 is 0 Å². The number of cyclic esters (lactones) is 1. The topological polar surface area (TPSA) is 87.2 Å². The molecule has 0 bridgehead atoms. The molecule has 1 N–H and O–H groups in total. The van der Waals surface area contributed by atoms with Gasteiger partial charge in [-0.05, 0) is 50.3 Å². The van der Waals surface area contributed by atoms with Crippen molar-refractivity contribution in [1.82, 2.24) is 4.90 Å². The molecule has 2 aromatic carbocycles. The van der Waals surface area contributed by atoms with E-state index in [0.29, 0.717) is 13.2 Å². The van der Waals surface area contributed by atoms with Gasteiger partial charge in [0, 0.05) is 17.0 Å². The first-order chi connectivity index (χ1) is 19.7. The van der Waals surface area contributed by atoms with Gasteiger partial charge in [-0.15, -0.1) is 11.8 Å². The number of hydrogen-bond donors (Lipinski definition) is 1. The smallest absolute Gasteiger partial charge is 0.311 e. The zero-order valence-electron chi connectivity index (χ0n) is 23.7. The highest BCUT2D eigenvalue weighted by Crippen LogP contribution is 2.66. The Morgan fingerprint density at radius 2 is 1.71 bits per heavy atom. The highest BCUT2D eigenvalue weighted by atomic mass is 32.2. The number of aryl methyl sites for hydroxylation is 2. The molecule has 2 aromatic rings.